The van der Waals surface area contributed by atoms with Gasteiger partial charge in [0.25, 0.3) is 0 Å². The molecule has 5 heteroatoms. The molecule has 0 atom stereocenters. The molecule has 0 amide bonds. The molecular weight excluding hydrogens is 927 g/mol. The summed E-state index contributed by atoms with van der Waals surface area (Å²) < 4.78 is 8.95. The van der Waals surface area contributed by atoms with Gasteiger partial charge in [0.05, 0.1) is 22.4 Å². The third-order valence-corrected chi connectivity index (χ3v) is 19.7. The summed E-state index contributed by atoms with van der Waals surface area (Å²) in [6, 6.07) is 103. The molecule has 0 aliphatic rings. The number of furan rings is 1. The molecule has 352 valence electrons. The van der Waals surface area contributed by atoms with E-state index in [1.54, 1.807) is 0 Å². The first-order valence-electron chi connectivity index (χ1n) is 25.5. The second-order valence-corrected chi connectivity index (χ2v) is 23.1. The highest BCUT2D eigenvalue weighted by Crippen LogP contribution is 2.38. The van der Waals surface area contributed by atoms with E-state index in [1.165, 1.54) is 54.1 Å². The summed E-state index contributed by atoms with van der Waals surface area (Å²) in [5.41, 5.74) is 14.3. The highest BCUT2D eigenvalue weighted by Gasteiger charge is 2.42. The standard InChI is InChI=1S/C70H47N3OSi/c1-4-21-48(22-5-1)51-27-16-31-55(43-51)75(56-32-17-28-52(44-56)49-23-6-2-7-24-49,57-33-18-29-53(45-57)50-25-8-3-9-26-50)58-34-19-30-54(46-58)64-47-65(63-39-20-38-62-61-37-12-15-42-68(61)74-69(62)63)72-70(71-64)73-66-40-13-10-35-59(66)60-36-11-14-41-67(60)73/h1-47H. The lowest BCUT2D eigenvalue weighted by molar-refractivity contribution is 0.670. The van der Waals surface area contributed by atoms with Crippen LogP contribution in [-0.4, -0.2) is 22.6 Å². The van der Waals surface area contributed by atoms with Crippen LogP contribution in [0.3, 0.4) is 0 Å². The fourth-order valence-electron chi connectivity index (χ4n) is 11.5. The second kappa shape index (κ2) is 18.4. The first-order valence-corrected chi connectivity index (χ1v) is 27.5. The maximum absolute atomic E-state index is 6.73. The Kier molecular flexibility index (Phi) is 10.8. The predicted molar refractivity (Wildman–Crippen MR) is 314 cm³/mol. The van der Waals surface area contributed by atoms with E-state index in [-0.39, 0.29) is 0 Å². The van der Waals surface area contributed by atoms with Gasteiger partial charge in [-0.05, 0) is 84.5 Å². The van der Waals surface area contributed by atoms with Gasteiger partial charge >= 0.3 is 0 Å². The minimum atomic E-state index is -3.29. The number of benzene rings is 11. The fourth-order valence-corrected chi connectivity index (χ4v) is 16.4. The Morgan fingerprint density at radius 3 is 1.20 bits per heavy atom. The summed E-state index contributed by atoms with van der Waals surface area (Å²) >= 11 is 0. The molecule has 0 saturated heterocycles. The molecule has 0 aliphatic carbocycles. The molecule has 0 radical (unpaired) electrons. The summed E-state index contributed by atoms with van der Waals surface area (Å²) in [5.74, 6) is 0.587. The minimum absolute atomic E-state index is 0.587. The molecule has 4 nitrogen and oxygen atoms in total. The van der Waals surface area contributed by atoms with Gasteiger partial charge < -0.3 is 4.42 Å². The maximum atomic E-state index is 6.73. The number of hydrogen-bond donors (Lipinski definition) is 0. The minimum Gasteiger partial charge on any atom is -0.455 e. The lowest BCUT2D eigenvalue weighted by Crippen LogP contribution is -2.74. The predicted octanol–water partition coefficient (Wildman–Crippen LogP) is 15.2. The Morgan fingerprint density at radius 2 is 0.680 bits per heavy atom. The zero-order valence-electron chi connectivity index (χ0n) is 40.9. The lowest BCUT2D eigenvalue weighted by Gasteiger charge is -2.35. The van der Waals surface area contributed by atoms with E-state index in [9.17, 15) is 0 Å². The number of rotatable bonds is 10. The van der Waals surface area contributed by atoms with E-state index in [4.69, 9.17) is 14.4 Å². The summed E-state index contributed by atoms with van der Waals surface area (Å²) in [6.07, 6.45) is 0. The van der Waals surface area contributed by atoms with Gasteiger partial charge in [0.1, 0.15) is 11.2 Å². The first-order chi connectivity index (χ1) is 37.2. The largest absolute Gasteiger partial charge is 0.455 e. The zero-order valence-corrected chi connectivity index (χ0v) is 41.9. The van der Waals surface area contributed by atoms with Crippen LogP contribution in [0.1, 0.15) is 0 Å². The number of fused-ring (bicyclic) bond motifs is 6. The van der Waals surface area contributed by atoms with Crippen molar-refractivity contribution < 1.29 is 4.42 Å². The van der Waals surface area contributed by atoms with E-state index in [1.807, 2.05) is 12.1 Å². The highest BCUT2D eigenvalue weighted by atomic mass is 28.3. The average molecular weight is 974 g/mol. The van der Waals surface area contributed by atoms with Gasteiger partial charge in [0, 0.05) is 32.7 Å². The molecule has 0 spiro atoms. The van der Waals surface area contributed by atoms with Crippen LogP contribution in [0.25, 0.3) is 106 Å². The first kappa shape index (κ1) is 44.1. The second-order valence-electron chi connectivity index (χ2n) is 19.3. The topological polar surface area (TPSA) is 43.9 Å². The van der Waals surface area contributed by atoms with Crippen molar-refractivity contribution in [2.75, 3.05) is 0 Å². The van der Waals surface area contributed by atoms with Crippen molar-refractivity contribution in [2.45, 2.75) is 0 Å². The van der Waals surface area contributed by atoms with Crippen LogP contribution in [0.2, 0.25) is 0 Å². The SMILES string of the molecule is c1ccc(-c2cccc([Si](c3cccc(-c4ccccc4)c3)(c3cccc(-c4ccccc4)c3)c3cccc(-c4cc(-c5cccc6c5oc5ccccc56)nc(-n5c6ccccc6c6ccccc65)n4)c3)c2)cc1. The van der Waals surface area contributed by atoms with Crippen molar-refractivity contribution in [3.63, 3.8) is 0 Å². The molecule has 3 aromatic heterocycles. The Hall–Kier alpha value is -9.68. The van der Waals surface area contributed by atoms with Gasteiger partial charge in [-0.3, -0.25) is 4.57 Å². The van der Waals surface area contributed by atoms with E-state index in [2.05, 4.69) is 278 Å². The third-order valence-electron chi connectivity index (χ3n) is 15.0. The molecule has 0 aliphatic heterocycles. The molecule has 0 saturated carbocycles. The Morgan fingerprint density at radius 1 is 0.293 bits per heavy atom. The molecule has 0 unspecified atom stereocenters. The van der Waals surface area contributed by atoms with E-state index >= 15 is 0 Å². The molecule has 75 heavy (non-hydrogen) atoms. The van der Waals surface area contributed by atoms with E-state index < -0.39 is 8.07 Å². The van der Waals surface area contributed by atoms with Crippen LogP contribution < -0.4 is 20.7 Å². The smallest absolute Gasteiger partial charge is 0.235 e. The number of nitrogens with zero attached hydrogens (tertiary/aromatic N) is 3. The van der Waals surface area contributed by atoms with Crippen molar-refractivity contribution in [3.8, 4) is 61.8 Å². The summed E-state index contributed by atoms with van der Waals surface area (Å²) in [6.45, 7) is 0. The van der Waals surface area contributed by atoms with Crippen LogP contribution in [0.4, 0.5) is 0 Å². The van der Waals surface area contributed by atoms with E-state index in [0.29, 0.717) is 5.95 Å². The number of aromatic nitrogens is 3. The molecule has 14 rings (SSSR count). The lowest BCUT2D eigenvalue weighted by atomic mass is 10.0. The average Bonchev–Trinajstić information content (AvgIpc) is 4.06. The van der Waals surface area contributed by atoms with E-state index in [0.717, 1.165) is 66.3 Å². The third kappa shape index (κ3) is 7.60. The normalized spacial score (nSPS) is 11.7. The molecule has 0 fully saturated rings. The van der Waals surface area contributed by atoms with Crippen molar-refractivity contribution in [1.29, 1.82) is 0 Å². The summed E-state index contributed by atoms with van der Waals surface area (Å²) in [5, 5.41) is 9.49. The summed E-state index contributed by atoms with van der Waals surface area (Å²) in [4.78, 5) is 11.2. The van der Waals surface area contributed by atoms with Crippen molar-refractivity contribution in [2.24, 2.45) is 0 Å². The van der Waals surface area contributed by atoms with Gasteiger partial charge in [-0.25, -0.2) is 9.97 Å². The number of hydrogen-bond acceptors (Lipinski definition) is 3. The van der Waals surface area contributed by atoms with Crippen molar-refractivity contribution >= 4 is 72.6 Å². The highest BCUT2D eigenvalue weighted by molar-refractivity contribution is 7.20. The molecule has 3 heterocycles. The van der Waals surface area contributed by atoms with Gasteiger partial charge in [0.2, 0.25) is 5.95 Å². The molecule has 0 N–H and O–H groups in total. The molecular formula is C70H47N3OSi. The number of para-hydroxylation sites is 4. The molecule has 14 aromatic rings. The van der Waals surface area contributed by atoms with Crippen LogP contribution in [0, 0.1) is 0 Å². The maximum Gasteiger partial charge on any atom is 0.235 e. The van der Waals surface area contributed by atoms with Crippen LogP contribution in [-0.2, 0) is 0 Å². The quantitative estimate of drug-likeness (QED) is 0.101. The van der Waals surface area contributed by atoms with Gasteiger partial charge in [0.15, 0.2) is 8.07 Å². The summed E-state index contributed by atoms with van der Waals surface area (Å²) in [7, 11) is -3.29. The van der Waals surface area contributed by atoms with Gasteiger partial charge in [-0.2, -0.15) is 0 Å². The van der Waals surface area contributed by atoms with Gasteiger partial charge in [-0.1, -0.05) is 255 Å². The Bertz CT molecular complexity index is 4170. The fraction of sp³-hybridized carbons (Fsp3) is 0. The van der Waals surface area contributed by atoms with Gasteiger partial charge in [-0.15, -0.1) is 0 Å². The molecule has 11 aromatic carbocycles. The van der Waals surface area contributed by atoms with Crippen LogP contribution in [0.5, 0.6) is 0 Å². The molecule has 0 bridgehead atoms. The van der Waals surface area contributed by atoms with Crippen LogP contribution >= 0.6 is 0 Å². The van der Waals surface area contributed by atoms with Crippen LogP contribution in [0.15, 0.2) is 290 Å². The van der Waals surface area contributed by atoms with Crippen molar-refractivity contribution in [1.82, 2.24) is 14.5 Å². The van der Waals surface area contributed by atoms with Crippen molar-refractivity contribution in [3.05, 3.63) is 285 Å². The monoisotopic (exact) mass is 973 g/mol. The Balaban J connectivity index is 1.06. The Labute approximate surface area is 436 Å². The zero-order chi connectivity index (χ0) is 49.7.